The smallest absolute Gasteiger partial charge is 0.411 e. The Morgan fingerprint density at radius 2 is 1.67 bits per heavy atom. The minimum Gasteiger partial charge on any atom is -0.438 e. The van der Waals surface area contributed by atoms with Gasteiger partial charge < -0.3 is 15.0 Å². The van der Waals surface area contributed by atoms with Crippen LogP contribution in [-0.2, 0) is 16.1 Å². The Morgan fingerprint density at radius 3 is 2.42 bits per heavy atom. The molecule has 36 heavy (non-hydrogen) atoms. The van der Waals surface area contributed by atoms with E-state index in [0.29, 0.717) is 24.3 Å². The topological polar surface area (TPSA) is 79.0 Å². The van der Waals surface area contributed by atoms with Crippen LogP contribution in [0.4, 0.5) is 14.9 Å². The molecule has 0 spiro atoms. The number of carbonyl (C=O) groups is 3. The lowest BCUT2D eigenvalue weighted by Gasteiger charge is -2.28. The molecule has 8 heteroatoms. The zero-order valence-electron chi connectivity index (χ0n) is 19.6. The number of halogens is 1. The zero-order chi connectivity index (χ0) is 25.1. The Bertz CT molecular complexity index is 1280. The number of hydrogen-bond acceptors (Lipinski definition) is 4. The monoisotopic (exact) mass is 487 g/mol. The molecule has 1 N–H and O–H groups in total. The average Bonchev–Trinajstić information content (AvgIpc) is 3.54. The summed E-state index contributed by atoms with van der Waals surface area (Å²) in [7, 11) is 0. The van der Waals surface area contributed by atoms with E-state index in [4.69, 9.17) is 4.74 Å². The van der Waals surface area contributed by atoms with Crippen LogP contribution >= 0.6 is 0 Å². The standard InChI is InChI=1S/C28H26FN3O4/c29-23-14-5-4-13-22(23)26(33)30-21-12-8-11-20(17-21)25-24(27(34)31-15-6-7-16-31)32(28(35)36-25)18-19-9-2-1-3-10-19/h1-5,8-14,17,24-25H,6-7,15-16,18H2,(H,30,33). The van der Waals surface area contributed by atoms with Crippen molar-refractivity contribution in [3.63, 3.8) is 0 Å². The van der Waals surface area contributed by atoms with Crippen LogP contribution in [-0.4, -0.2) is 46.8 Å². The number of anilines is 1. The van der Waals surface area contributed by atoms with Gasteiger partial charge in [-0.3, -0.25) is 14.5 Å². The fraction of sp³-hybridized carbons (Fsp3) is 0.250. The van der Waals surface area contributed by atoms with Gasteiger partial charge in [0.15, 0.2) is 12.1 Å². The van der Waals surface area contributed by atoms with Gasteiger partial charge in [0, 0.05) is 18.8 Å². The minimum absolute atomic E-state index is 0.0775. The quantitative estimate of drug-likeness (QED) is 0.544. The molecule has 2 unspecified atom stereocenters. The molecule has 2 fully saturated rings. The third kappa shape index (κ3) is 4.79. The molecule has 2 aliphatic rings. The largest absolute Gasteiger partial charge is 0.438 e. The van der Waals surface area contributed by atoms with Gasteiger partial charge in [0.1, 0.15) is 5.82 Å². The molecule has 0 aliphatic carbocycles. The third-order valence-electron chi connectivity index (χ3n) is 6.54. The summed E-state index contributed by atoms with van der Waals surface area (Å²) < 4.78 is 19.8. The first kappa shape index (κ1) is 23.5. The molecular formula is C28H26FN3O4. The molecule has 3 amide bonds. The van der Waals surface area contributed by atoms with Crippen LogP contribution in [0.2, 0.25) is 0 Å². The second-order valence-corrected chi connectivity index (χ2v) is 8.95. The lowest BCUT2D eigenvalue weighted by atomic mass is 9.99. The van der Waals surface area contributed by atoms with Gasteiger partial charge in [0.2, 0.25) is 5.91 Å². The second-order valence-electron chi connectivity index (χ2n) is 8.95. The Hall–Kier alpha value is -4.20. The molecule has 7 nitrogen and oxygen atoms in total. The number of rotatable bonds is 6. The van der Waals surface area contributed by atoms with E-state index in [9.17, 15) is 18.8 Å². The molecule has 0 aromatic heterocycles. The molecule has 184 valence electrons. The number of benzene rings is 3. The number of amides is 3. The van der Waals surface area contributed by atoms with Crippen LogP contribution in [0.15, 0.2) is 78.9 Å². The van der Waals surface area contributed by atoms with E-state index in [-0.39, 0.29) is 18.0 Å². The van der Waals surface area contributed by atoms with Gasteiger partial charge >= 0.3 is 6.09 Å². The second kappa shape index (κ2) is 10.2. The normalized spacial score (nSPS) is 19.3. The van der Waals surface area contributed by atoms with Crippen LogP contribution in [0, 0.1) is 5.82 Å². The van der Waals surface area contributed by atoms with E-state index in [0.717, 1.165) is 18.4 Å². The molecular weight excluding hydrogens is 461 g/mol. The van der Waals surface area contributed by atoms with Crippen LogP contribution in [0.3, 0.4) is 0 Å². The van der Waals surface area contributed by atoms with Crippen molar-refractivity contribution in [1.82, 2.24) is 9.80 Å². The molecule has 0 saturated carbocycles. The molecule has 2 heterocycles. The maximum absolute atomic E-state index is 14.1. The van der Waals surface area contributed by atoms with E-state index in [1.54, 1.807) is 35.2 Å². The number of cyclic esters (lactones) is 1. The first-order valence-corrected chi connectivity index (χ1v) is 12.0. The Kier molecular flexibility index (Phi) is 6.66. The number of ether oxygens (including phenoxy) is 1. The lowest BCUT2D eigenvalue weighted by molar-refractivity contribution is -0.135. The molecule has 3 aromatic carbocycles. The zero-order valence-corrected chi connectivity index (χ0v) is 19.6. The van der Waals surface area contributed by atoms with Crippen LogP contribution in [0.25, 0.3) is 0 Å². The van der Waals surface area contributed by atoms with Gasteiger partial charge in [-0.2, -0.15) is 0 Å². The summed E-state index contributed by atoms with van der Waals surface area (Å²) in [4.78, 5) is 42.5. The summed E-state index contributed by atoms with van der Waals surface area (Å²) in [6.45, 7) is 1.53. The summed E-state index contributed by atoms with van der Waals surface area (Å²) >= 11 is 0. The number of nitrogens with zero attached hydrogens (tertiary/aromatic N) is 2. The minimum atomic E-state index is -0.848. The molecule has 2 aliphatic heterocycles. The van der Waals surface area contributed by atoms with Gasteiger partial charge in [0.05, 0.1) is 12.1 Å². The van der Waals surface area contributed by atoms with Crippen molar-refractivity contribution in [3.05, 3.63) is 101 Å². The predicted octanol–water partition coefficient (Wildman–Crippen LogP) is 4.76. The van der Waals surface area contributed by atoms with E-state index in [1.807, 2.05) is 30.3 Å². The van der Waals surface area contributed by atoms with Crippen LogP contribution in [0.5, 0.6) is 0 Å². The van der Waals surface area contributed by atoms with Crippen molar-refractivity contribution in [2.75, 3.05) is 18.4 Å². The highest BCUT2D eigenvalue weighted by Crippen LogP contribution is 2.36. The molecule has 2 saturated heterocycles. The van der Waals surface area contributed by atoms with Crippen molar-refractivity contribution in [3.8, 4) is 0 Å². The van der Waals surface area contributed by atoms with Gasteiger partial charge in [-0.15, -0.1) is 0 Å². The van der Waals surface area contributed by atoms with E-state index in [2.05, 4.69) is 5.32 Å². The van der Waals surface area contributed by atoms with Gasteiger partial charge in [-0.25, -0.2) is 9.18 Å². The van der Waals surface area contributed by atoms with E-state index < -0.39 is 30.0 Å². The maximum Gasteiger partial charge on any atom is 0.411 e. The fourth-order valence-electron chi connectivity index (χ4n) is 4.74. The average molecular weight is 488 g/mol. The van der Waals surface area contributed by atoms with E-state index in [1.165, 1.54) is 23.1 Å². The highest BCUT2D eigenvalue weighted by molar-refractivity contribution is 6.04. The fourth-order valence-corrected chi connectivity index (χ4v) is 4.74. The van der Waals surface area contributed by atoms with Crippen LogP contribution in [0.1, 0.15) is 40.4 Å². The van der Waals surface area contributed by atoms with Gasteiger partial charge in [0.25, 0.3) is 5.91 Å². The highest BCUT2D eigenvalue weighted by atomic mass is 19.1. The number of likely N-dealkylation sites (tertiary alicyclic amines) is 1. The maximum atomic E-state index is 14.1. The van der Waals surface area contributed by atoms with Crippen molar-refractivity contribution in [2.24, 2.45) is 0 Å². The lowest BCUT2D eigenvalue weighted by Crippen LogP contribution is -2.47. The summed E-state index contributed by atoms with van der Waals surface area (Å²) in [6, 6.07) is 21.1. The Morgan fingerprint density at radius 1 is 0.944 bits per heavy atom. The summed E-state index contributed by atoms with van der Waals surface area (Å²) in [5.74, 6) is -1.37. The third-order valence-corrected chi connectivity index (χ3v) is 6.54. The summed E-state index contributed by atoms with van der Waals surface area (Å²) in [5, 5.41) is 2.70. The number of hydrogen-bond donors (Lipinski definition) is 1. The first-order valence-electron chi connectivity index (χ1n) is 12.0. The summed E-state index contributed by atoms with van der Waals surface area (Å²) in [5.41, 5.74) is 1.79. The molecule has 0 radical (unpaired) electrons. The van der Waals surface area contributed by atoms with Crippen molar-refractivity contribution in [1.29, 1.82) is 0 Å². The van der Waals surface area contributed by atoms with Crippen molar-refractivity contribution >= 4 is 23.6 Å². The van der Waals surface area contributed by atoms with Crippen molar-refractivity contribution < 1.29 is 23.5 Å². The Balaban J connectivity index is 1.43. The first-order chi connectivity index (χ1) is 17.5. The molecule has 2 atom stereocenters. The van der Waals surface area contributed by atoms with E-state index >= 15 is 0 Å². The SMILES string of the molecule is O=C(Nc1cccc(C2OC(=O)N(Cc3ccccc3)C2C(=O)N2CCCC2)c1)c1ccccc1F. The van der Waals surface area contributed by atoms with Gasteiger partial charge in [-0.1, -0.05) is 54.6 Å². The molecule has 3 aromatic rings. The van der Waals surface area contributed by atoms with Gasteiger partial charge in [-0.05, 0) is 48.2 Å². The molecule has 5 rings (SSSR count). The number of carbonyl (C=O) groups excluding carboxylic acids is 3. The Labute approximate surface area is 208 Å². The predicted molar refractivity (Wildman–Crippen MR) is 132 cm³/mol. The number of nitrogens with one attached hydrogen (secondary N) is 1. The molecule has 0 bridgehead atoms. The van der Waals surface area contributed by atoms with Crippen LogP contribution < -0.4 is 5.32 Å². The van der Waals surface area contributed by atoms with Crippen molar-refractivity contribution in [2.45, 2.75) is 31.5 Å². The summed E-state index contributed by atoms with van der Waals surface area (Å²) in [6.07, 6.45) is 0.435. The highest BCUT2D eigenvalue weighted by Gasteiger charge is 2.48.